The highest BCUT2D eigenvalue weighted by atomic mass is 32.2. The van der Waals surface area contributed by atoms with Crippen molar-refractivity contribution in [3.8, 4) is 0 Å². The van der Waals surface area contributed by atoms with Gasteiger partial charge in [-0.1, -0.05) is 0 Å². The van der Waals surface area contributed by atoms with Gasteiger partial charge in [0.2, 0.25) is 0 Å². The second kappa shape index (κ2) is 5.45. The normalized spacial score (nSPS) is 36.7. The minimum Gasteiger partial charge on any atom is -0.381 e. The van der Waals surface area contributed by atoms with Crippen LogP contribution in [-0.2, 0) is 14.6 Å². The minimum absolute atomic E-state index is 0.0823. The van der Waals surface area contributed by atoms with E-state index in [0.29, 0.717) is 12.3 Å². The van der Waals surface area contributed by atoms with Crippen molar-refractivity contribution in [1.29, 1.82) is 0 Å². The number of ether oxygens (including phenoxy) is 1. The fraction of sp³-hybridized carbons (Fsp3) is 1.00. The molecule has 5 nitrogen and oxygen atoms in total. The quantitative estimate of drug-likeness (QED) is 0.786. The lowest BCUT2D eigenvalue weighted by Gasteiger charge is -2.43. The van der Waals surface area contributed by atoms with Crippen LogP contribution in [0.2, 0.25) is 0 Å². The van der Waals surface area contributed by atoms with Crippen LogP contribution in [0.1, 0.15) is 25.7 Å². The zero-order chi connectivity index (χ0) is 13.2. The summed E-state index contributed by atoms with van der Waals surface area (Å²) < 4.78 is 28.7. The molecule has 6 heteroatoms. The van der Waals surface area contributed by atoms with Crippen LogP contribution >= 0.6 is 0 Å². The second-order valence-corrected chi connectivity index (χ2v) is 7.79. The topological polar surface area (TPSA) is 72.6 Å². The van der Waals surface area contributed by atoms with E-state index in [1.54, 1.807) is 0 Å². The molecule has 2 atom stereocenters. The van der Waals surface area contributed by atoms with E-state index >= 15 is 0 Å². The van der Waals surface area contributed by atoms with Gasteiger partial charge in [-0.3, -0.25) is 4.90 Å². The van der Waals surface area contributed by atoms with Crippen molar-refractivity contribution in [1.82, 2.24) is 4.90 Å². The highest BCUT2D eigenvalue weighted by Gasteiger charge is 2.41. The number of nitrogens with zero attached hydrogens (tertiary/aromatic N) is 1. The van der Waals surface area contributed by atoms with Gasteiger partial charge in [-0.25, -0.2) is 8.42 Å². The van der Waals surface area contributed by atoms with E-state index in [-0.39, 0.29) is 17.3 Å². The molecule has 2 heterocycles. The first-order valence-corrected chi connectivity index (χ1v) is 8.52. The molecule has 2 aliphatic heterocycles. The number of sulfone groups is 1. The molecule has 0 aliphatic carbocycles. The van der Waals surface area contributed by atoms with Crippen molar-refractivity contribution in [3.05, 3.63) is 0 Å². The lowest BCUT2D eigenvalue weighted by atomic mass is 9.87. The molecule has 2 N–H and O–H groups in total. The number of nitrogens with two attached hydrogens (primary N) is 1. The Morgan fingerprint density at radius 3 is 2.78 bits per heavy atom. The first-order valence-electron chi connectivity index (χ1n) is 6.70. The van der Waals surface area contributed by atoms with Gasteiger partial charge in [0.05, 0.1) is 11.5 Å². The molecule has 18 heavy (non-hydrogen) atoms. The van der Waals surface area contributed by atoms with Crippen molar-refractivity contribution >= 4 is 9.84 Å². The summed E-state index contributed by atoms with van der Waals surface area (Å²) in [6.45, 7) is 2.09. The third kappa shape index (κ3) is 2.87. The Balaban J connectivity index is 2.11. The van der Waals surface area contributed by atoms with E-state index in [4.69, 9.17) is 10.5 Å². The van der Waals surface area contributed by atoms with Crippen LogP contribution in [-0.4, -0.2) is 63.2 Å². The van der Waals surface area contributed by atoms with Gasteiger partial charge < -0.3 is 10.5 Å². The molecule has 0 bridgehead atoms. The number of hydrogen-bond acceptors (Lipinski definition) is 5. The lowest BCUT2D eigenvalue weighted by Crippen LogP contribution is -2.56. The molecule has 2 aliphatic rings. The molecule has 0 aromatic carbocycles. The molecule has 0 saturated carbocycles. The van der Waals surface area contributed by atoms with E-state index in [2.05, 4.69) is 4.90 Å². The second-order valence-electron chi connectivity index (χ2n) is 5.56. The zero-order valence-electron chi connectivity index (χ0n) is 11.1. The van der Waals surface area contributed by atoms with Crippen LogP contribution in [0, 0.1) is 0 Å². The van der Waals surface area contributed by atoms with Gasteiger partial charge in [0.1, 0.15) is 0 Å². The van der Waals surface area contributed by atoms with Crippen LogP contribution in [0.3, 0.4) is 0 Å². The molecule has 0 spiro atoms. The van der Waals surface area contributed by atoms with E-state index in [9.17, 15) is 8.42 Å². The van der Waals surface area contributed by atoms with Crippen LogP contribution in [0.25, 0.3) is 0 Å². The smallest absolute Gasteiger partial charge is 0.151 e. The first kappa shape index (κ1) is 14.2. The molecular formula is C12H24N2O3S. The maximum Gasteiger partial charge on any atom is 0.151 e. The van der Waals surface area contributed by atoms with Gasteiger partial charge in [0, 0.05) is 31.3 Å². The van der Waals surface area contributed by atoms with Gasteiger partial charge in [-0.15, -0.1) is 0 Å². The van der Waals surface area contributed by atoms with E-state index in [0.717, 1.165) is 38.9 Å². The molecule has 106 valence electrons. The largest absolute Gasteiger partial charge is 0.381 e. The minimum atomic E-state index is -2.84. The van der Waals surface area contributed by atoms with Gasteiger partial charge in [0.25, 0.3) is 0 Å². The Bertz CT molecular complexity index is 375. The Morgan fingerprint density at radius 2 is 2.17 bits per heavy atom. The summed E-state index contributed by atoms with van der Waals surface area (Å²) in [7, 11) is -0.806. The van der Waals surface area contributed by atoms with E-state index in [1.807, 2.05) is 7.05 Å². The van der Waals surface area contributed by atoms with Crippen molar-refractivity contribution in [2.45, 2.75) is 37.3 Å². The molecular weight excluding hydrogens is 252 g/mol. The first-order chi connectivity index (χ1) is 8.49. The summed E-state index contributed by atoms with van der Waals surface area (Å²) in [6, 6.07) is 0.122. The summed E-state index contributed by atoms with van der Waals surface area (Å²) in [6.07, 6.45) is 3.63. The van der Waals surface area contributed by atoms with Gasteiger partial charge in [-0.05, 0) is 32.7 Å². The summed E-state index contributed by atoms with van der Waals surface area (Å²) in [5.74, 6) is 0.602. The van der Waals surface area contributed by atoms with Crippen molar-refractivity contribution in [2.75, 3.05) is 38.3 Å². The monoisotopic (exact) mass is 276 g/mol. The molecule has 0 aromatic rings. The third-order valence-electron chi connectivity index (χ3n) is 4.53. The van der Waals surface area contributed by atoms with Crippen molar-refractivity contribution < 1.29 is 13.2 Å². The molecule has 2 saturated heterocycles. The summed E-state index contributed by atoms with van der Waals surface area (Å²) in [4.78, 5) is 2.23. The number of rotatable bonds is 3. The van der Waals surface area contributed by atoms with Gasteiger partial charge in [0.15, 0.2) is 9.84 Å². The summed E-state index contributed by atoms with van der Waals surface area (Å²) in [5.41, 5.74) is 5.91. The molecule has 0 amide bonds. The summed E-state index contributed by atoms with van der Waals surface area (Å²) in [5, 5.41) is 0. The van der Waals surface area contributed by atoms with E-state index in [1.165, 1.54) is 0 Å². The van der Waals surface area contributed by atoms with Crippen LogP contribution in [0.15, 0.2) is 0 Å². The SMILES string of the molecule is CN(C1CCS(=O)(=O)C1)C1(CN)CCCOCC1. The average Bonchev–Trinajstić information content (AvgIpc) is 2.57. The Morgan fingerprint density at radius 1 is 1.39 bits per heavy atom. The average molecular weight is 276 g/mol. The lowest BCUT2D eigenvalue weighted by molar-refractivity contribution is 0.0622. The maximum absolute atomic E-state index is 11.6. The van der Waals surface area contributed by atoms with Crippen molar-refractivity contribution in [2.24, 2.45) is 5.73 Å². The number of hydrogen-bond donors (Lipinski definition) is 1. The Hall–Kier alpha value is -0.170. The maximum atomic E-state index is 11.6. The highest BCUT2D eigenvalue weighted by molar-refractivity contribution is 7.91. The highest BCUT2D eigenvalue weighted by Crippen LogP contribution is 2.31. The number of likely N-dealkylation sites (N-methyl/N-ethyl adjacent to an activating group) is 1. The predicted molar refractivity (Wildman–Crippen MR) is 71.3 cm³/mol. The fourth-order valence-electron chi connectivity index (χ4n) is 3.16. The Kier molecular flexibility index (Phi) is 4.31. The molecule has 0 aromatic heterocycles. The fourth-order valence-corrected chi connectivity index (χ4v) is 4.94. The van der Waals surface area contributed by atoms with Crippen molar-refractivity contribution in [3.63, 3.8) is 0 Å². The van der Waals surface area contributed by atoms with Crippen LogP contribution in [0.5, 0.6) is 0 Å². The Labute approximate surface area is 110 Å². The zero-order valence-corrected chi connectivity index (χ0v) is 11.9. The van der Waals surface area contributed by atoms with Crippen LogP contribution in [0.4, 0.5) is 0 Å². The van der Waals surface area contributed by atoms with Gasteiger partial charge >= 0.3 is 0 Å². The predicted octanol–water partition coefficient (Wildman–Crippen LogP) is 0.00330. The van der Waals surface area contributed by atoms with Crippen LogP contribution < -0.4 is 5.73 Å². The molecule has 2 rings (SSSR count). The van der Waals surface area contributed by atoms with E-state index < -0.39 is 9.84 Å². The standard InChI is InChI=1S/C12H24N2O3S/c1-14(11-3-8-18(15,16)9-11)12(10-13)4-2-6-17-7-5-12/h11H,2-10,13H2,1H3. The third-order valence-corrected chi connectivity index (χ3v) is 6.28. The molecule has 2 unspecified atom stereocenters. The molecule has 0 radical (unpaired) electrons. The van der Waals surface area contributed by atoms with Gasteiger partial charge in [-0.2, -0.15) is 0 Å². The molecule has 2 fully saturated rings. The summed E-state index contributed by atoms with van der Waals surface area (Å²) >= 11 is 0.